The third-order valence-electron chi connectivity index (χ3n) is 2.97. The molecule has 0 saturated heterocycles. The lowest BCUT2D eigenvalue weighted by molar-refractivity contribution is -0.160. The minimum Gasteiger partial charge on any atom is -0.283 e. The van der Waals surface area contributed by atoms with Crippen molar-refractivity contribution in [3.8, 4) is 0 Å². The normalized spacial score (nSPS) is 13.2. The third kappa shape index (κ3) is 1.99. The molecule has 3 aromatic rings. The molecule has 0 aliphatic rings. The van der Waals surface area contributed by atoms with Crippen LogP contribution < -0.4 is 0 Å². The minimum absolute atomic E-state index is 0.231. The van der Waals surface area contributed by atoms with Crippen molar-refractivity contribution >= 4 is 16.7 Å². The summed E-state index contributed by atoms with van der Waals surface area (Å²) < 4.78 is 79.9. The van der Waals surface area contributed by atoms with Crippen molar-refractivity contribution in [1.29, 1.82) is 0 Å². The van der Waals surface area contributed by atoms with E-state index in [1.807, 2.05) is 0 Å². The first-order valence-electron chi connectivity index (χ1n) is 5.59. The Kier molecular flexibility index (Phi) is 2.66. The summed E-state index contributed by atoms with van der Waals surface area (Å²) in [5.41, 5.74) is -4.62. The van der Waals surface area contributed by atoms with Crippen molar-refractivity contribution in [3.63, 3.8) is 0 Å². The van der Waals surface area contributed by atoms with Crippen molar-refractivity contribution in [3.05, 3.63) is 41.9 Å². The summed E-state index contributed by atoms with van der Waals surface area (Å²) in [5, 5.41) is -0.622. The monoisotopic (exact) mass is 305 g/mol. The molecule has 0 aliphatic heterocycles. The van der Waals surface area contributed by atoms with Gasteiger partial charge in [0.05, 0.1) is 5.56 Å². The minimum atomic E-state index is -5.19. The molecule has 0 saturated carbocycles. The van der Waals surface area contributed by atoms with Gasteiger partial charge < -0.3 is 0 Å². The first-order chi connectivity index (χ1) is 9.71. The fraction of sp³-hybridized carbons (Fsp3) is 0.167. The predicted molar refractivity (Wildman–Crippen MR) is 60.5 cm³/mol. The van der Waals surface area contributed by atoms with E-state index in [-0.39, 0.29) is 5.65 Å². The van der Waals surface area contributed by atoms with Crippen LogP contribution in [0, 0.1) is 0 Å². The lowest BCUT2D eigenvalue weighted by atomic mass is 10.0. The Bertz CT molecular complexity index is 830. The lowest BCUT2D eigenvalue weighted by Gasteiger charge is -2.18. The van der Waals surface area contributed by atoms with Crippen LogP contribution in [0.2, 0.25) is 0 Å². The van der Waals surface area contributed by atoms with E-state index in [0.717, 1.165) is 28.9 Å². The first kappa shape index (κ1) is 13.7. The molecule has 0 aromatic carbocycles. The Morgan fingerprint density at radius 2 is 1.43 bits per heavy atom. The number of nitrogens with zero attached hydrogens (tertiary/aromatic N) is 3. The average Bonchev–Trinajstić information content (AvgIpc) is 2.83. The van der Waals surface area contributed by atoms with Gasteiger partial charge in [-0.05, 0) is 12.1 Å². The van der Waals surface area contributed by atoms with Crippen LogP contribution in [0.3, 0.4) is 0 Å². The van der Waals surface area contributed by atoms with Crippen molar-refractivity contribution < 1.29 is 26.3 Å². The zero-order chi connectivity index (χ0) is 15.4. The van der Waals surface area contributed by atoms with Gasteiger partial charge in [-0.15, -0.1) is 0 Å². The second-order valence-corrected chi connectivity index (χ2v) is 4.24. The molecule has 0 spiro atoms. The standard InChI is InChI=1S/C12H5F6N3/c13-11(14,15)7-6-2-1-3-19-9(6)21-5-4-20-10(21)8(7)12(16,17)18/h1-5H. The quantitative estimate of drug-likeness (QED) is 0.589. The van der Waals surface area contributed by atoms with Crippen LogP contribution >= 0.6 is 0 Å². The Morgan fingerprint density at radius 1 is 0.810 bits per heavy atom. The van der Waals surface area contributed by atoms with Crippen LogP contribution in [0.1, 0.15) is 11.1 Å². The van der Waals surface area contributed by atoms with Crippen molar-refractivity contribution in [2.24, 2.45) is 0 Å². The van der Waals surface area contributed by atoms with Crippen LogP contribution in [-0.2, 0) is 12.4 Å². The number of alkyl halides is 6. The Hall–Kier alpha value is -2.32. The van der Waals surface area contributed by atoms with Crippen LogP contribution in [0.5, 0.6) is 0 Å². The maximum Gasteiger partial charge on any atom is 0.420 e. The number of hydrogen-bond donors (Lipinski definition) is 0. The molecule has 3 aromatic heterocycles. The van der Waals surface area contributed by atoms with Crippen LogP contribution in [0.15, 0.2) is 30.7 Å². The number of aromatic nitrogens is 3. The van der Waals surface area contributed by atoms with Crippen LogP contribution in [-0.4, -0.2) is 14.4 Å². The van der Waals surface area contributed by atoms with E-state index in [9.17, 15) is 26.3 Å². The highest BCUT2D eigenvalue weighted by molar-refractivity contribution is 5.85. The van der Waals surface area contributed by atoms with Gasteiger partial charge in [0.2, 0.25) is 0 Å². The summed E-state index contributed by atoms with van der Waals surface area (Å²) in [6, 6.07) is 2.11. The lowest BCUT2D eigenvalue weighted by Crippen LogP contribution is -2.19. The van der Waals surface area contributed by atoms with E-state index in [1.54, 1.807) is 0 Å². The first-order valence-corrected chi connectivity index (χ1v) is 5.59. The fourth-order valence-corrected chi connectivity index (χ4v) is 2.25. The van der Waals surface area contributed by atoms with E-state index in [0.29, 0.717) is 0 Å². The Labute approximate surface area is 112 Å². The highest BCUT2D eigenvalue weighted by Gasteiger charge is 2.47. The number of pyridine rings is 2. The van der Waals surface area contributed by atoms with Gasteiger partial charge in [0.1, 0.15) is 11.2 Å². The van der Waals surface area contributed by atoms with Gasteiger partial charge in [-0.3, -0.25) is 4.40 Å². The SMILES string of the molecule is FC(F)(F)c1c(C(F)(F)F)c2nccn2c2ncccc12. The van der Waals surface area contributed by atoms with Gasteiger partial charge in [0.15, 0.2) is 5.65 Å². The summed E-state index contributed by atoms with van der Waals surface area (Å²) in [4.78, 5) is 7.15. The van der Waals surface area contributed by atoms with Gasteiger partial charge in [0.25, 0.3) is 0 Å². The molecule has 3 nitrogen and oxygen atoms in total. The molecule has 0 N–H and O–H groups in total. The van der Waals surface area contributed by atoms with Crippen molar-refractivity contribution in [1.82, 2.24) is 14.4 Å². The van der Waals surface area contributed by atoms with Gasteiger partial charge in [-0.2, -0.15) is 26.3 Å². The van der Waals surface area contributed by atoms with Gasteiger partial charge in [-0.25, -0.2) is 9.97 Å². The molecule has 3 heterocycles. The average molecular weight is 305 g/mol. The van der Waals surface area contributed by atoms with E-state index in [4.69, 9.17) is 0 Å². The topological polar surface area (TPSA) is 30.2 Å². The summed E-state index contributed by atoms with van der Waals surface area (Å²) in [6.45, 7) is 0. The zero-order valence-electron chi connectivity index (χ0n) is 10.00. The summed E-state index contributed by atoms with van der Waals surface area (Å²) in [7, 11) is 0. The van der Waals surface area contributed by atoms with E-state index in [1.165, 1.54) is 6.20 Å². The second kappa shape index (κ2) is 4.09. The van der Waals surface area contributed by atoms with Crippen molar-refractivity contribution in [2.75, 3.05) is 0 Å². The summed E-state index contributed by atoms with van der Waals surface area (Å²) in [5.74, 6) is 0. The molecule has 0 aliphatic carbocycles. The highest BCUT2D eigenvalue weighted by Crippen LogP contribution is 2.45. The van der Waals surface area contributed by atoms with Gasteiger partial charge >= 0.3 is 12.4 Å². The maximum atomic E-state index is 13.2. The van der Waals surface area contributed by atoms with Crippen LogP contribution in [0.4, 0.5) is 26.3 Å². The predicted octanol–water partition coefficient (Wildman–Crippen LogP) is 3.92. The number of rotatable bonds is 0. The molecule has 110 valence electrons. The molecule has 0 atom stereocenters. The van der Waals surface area contributed by atoms with Gasteiger partial charge in [0, 0.05) is 24.0 Å². The summed E-state index contributed by atoms with van der Waals surface area (Å²) >= 11 is 0. The fourth-order valence-electron chi connectivity index (χ4n) is 2.25. The molecular formula is C12H5F6N3. The molecule has 3 rings (SSSR count). The maximum absolute atomic E-state index is 13.2. The van der Waals surface area contributed by atoms with Crippen LogP contribution in [0.25, 0.3) is 16.7 Å². The Morgan fingerprint density at radius 3 is 2.05 bits per heavy atom. The third-order valence-corrected chi connectivity index (χ3v) is 2.97. The molecule has 0 unspecified atom stereocenters. The Balaban J connectivity index is 2.65. The molecule has 9 heteroatoms. The number of halogens is 6. The van der Waals surface area contributed by atoms with E-state index >= 15 is 0 Å². The smallest absolute Gasteiger partial charge is 0.283 e. The highest BCUT2D eigenvalue weighted by atomic mass is 19.4. The molecule has 0 fully saturated rings. The molecule has 0 amide bonds. The number of fused-ring (bicyclic) bond motifs is 3. The molecular weight excluding hydrogens is 300 g/mol. The largest absolute Gasteiger partial charge is 0.420 e. The molecule has 21 heavy (non-hydrogen) atoms. The number of hydrogen-bond acceptors (Lipinski definition) is 2. The molecule has 0 bridgehead atoms. The zero-order valence-corrected chi connectivity index (χ0v) is 10.00. The molecule has 0 radical (unpaired) electrons. The van der Waals surface area contributed by atoms with Gasteiger partial charge in [-0.1, -0.05) is 0 Å². The second-order valence-electron chi connectivity index (χ2n) is 4.24. The van der Waals surface area contributed by atoms with Crippen molar-refractivity contribution in [2.45, 2.75) is 12.4 Å². The van der Waals surface area contributed by atoms with E-state index in [2.05, 4.69) is 9.97 Å². The number of imidazole rings is 1. The van der Waals surface area contributed by atoms with E-state index < -0.39 is 34.5 Å². The summed E-state index contributed by atoms with van der Waals surface area (Å²) in [6.07, 6.45) is -7.03.